The van der Waals surface area contributed by atoms with Crippen molar-refractivity contribution in [2.75, 3.05) is 36.4 Å². The summed E-state index contributed by atoms with van der Waals surface area (Å²) in [4.78, 5) is 29.9. The molecule has 0 spiro atoms. The molecule has 0 aliphatic carbocycles. The maximum Gasteiger partial charge on any atom is 0.274 e. The summed E-state index contributed by atoms with van der Waals surface area (Å²) in [5.74, 6) is 1.48. The molecule has 0 radical (unpaired) electrons. The fourth-order valence-electron chi connectivity index (χ4n) is 3.54. The lowest BCUT2D eigenvalue weighted by Gasteiger charge is -2.35. The van der Waals surface area contributed by atoms with Crippen LogP contribution in [0.2, 0.25) is 0 Å². The quantitative estimate of drug-likeness (QED) is 0.740. The van der Waals surface area contributed by atoms with Gasteiger partial charge in [-0.1, -0.05) is 12.1 Å². The van der Waals surface area contributed by atoms with Crippen molar-refractivity contribution < 1.29 is 4.79 Å². The zero-order chi connectivity index (χ0) is 20.2. The number of pyridine rings is 1. The van der Waals surface area contributed by atoms with E-state index in [4.69, 9.17) is 0 Å². The smallest absolute Gasteiger partial charge is 0.274 e. The Labute approximate surface area is 170 Å². The van der Waals surface area contributed by atoms with E-state index in [2.05, 4.69) is 57.2 Å². The Kier molecular flexibility index (Phi) is 5.37. The standard InChI is InChI=1S/C22H24N6O/c1-16-11-17(2)13-18(12-16)26-20-15-24-19(14-25-20)22(29)28-9-7-27(8-10-28)21-5-3-4-6-23-21/h3-6,11-15H,7-10H2,1-2H3,(H,25,26). The van der Waals surface area contributed by atoms with Crippen LogP contribution in [0.5, 0.6) is 0 Å². The molecule has 0 saturated carbocycles. The van der Waals surface area contributed by atoms with Crippen LogP contribution in [0.3, 0.4) is 0 Å². The van der Waals surface area contributed by atoms with Gasteiger partial charge in [-0.2, -0.15) is 0 Å². The van der Waals surface area contributed by atoms with Crippen molar-refractivity contribution in [2.24, 2.45) is 0 Å². The summed E-state index contributed by atoms with van der Waals surface area (Å²) < 4.78 is 0. The number of aryl methyl sites for hydroxylation is 2. The minimum atomic E-state index is -0.0869. The van der Waals surface area contributed by atoms with Gasteiger partial charge in [-0.25, -0.2) is 15.0 Å². The molecule has 0 atom stereocenters. The second-order valence-corrected chi connectivity index (χ2v) is 7.26. The van der Waals surface area contributed by atoms with Crippen LogP contribution in [0.25, 0.3) is 0 Å². The summed E-state index contributed by atoms with van der Waals surface area (Å²) in [5.41, 5.74) is 3.68. The van der Waals surface area contributed by atoms with Gasteiger partial charge in [-0.3, -0.25) is 4.79 Å². The largest absolute Gasteiger partial charge is 0.353 e. The van der Waals surface area contributed by atoms with E-state index in [9.17, 15) is 4.79 Å². The first-order valence-corrected chi connectivity index (χ1v) is 9.71. The zero-order valence-electron chi connectivity index (χ0n) is 16.7. The van der Waals surface area contributed by atoms with Gasteiger partial charge in [0.15, 0.2) is 0 Å². The van der Waals surface area contributed by atoms with E-state index in [1.807, 2.05) is 23.1 Å². The van der Waals surface area contributed by atoms with Crippen molar-refractivity contribution >= 4 is 23.2 Å². The molecule has 0 bridgehead atoms. The third-order valence-corrected chi connectivity index (χ3v) is 4.91. The van der Waals surface area contributed by atoms with Gasteiger partial charge in [0.05, 0.1) is 12.4 Å². The maximum absolute atomic E-state index is 12.8. The van der Waals surface area contributed by atoms with E-state index >= 15 is 0 Å². The molecule has 3 aromatic rings. The van der Waals surface area contributed by atoms with Gasteiger partial charge in [0, 0.05) is 38.1 Å². The lowest BCUT2D eigenvalue weighted by atomic mass is 10.1. The summed E-state index contributed by atoms with van der Waals surface area (Å²) in [6.45, 7) is 6.89. The highest BCUT2D eigenvalue weighted by molar-refractivity contribution is 5.92. The monoisotopic (exact) mass is 388 g/mol. The minimum absolute atomic E-state index is 0.0869. The van der Waals surface area contributed by atoms with E-state index in [1.165, 1.54) is 11.1 Å². The SMILES string of the molecule is Cc1cc(C)cc(Nc2cnc(C(=O)N3CCN(c4ccccn4)CC3)cn2)c1. The molecule has 0 unspecified atom stereocenters. The first-order valence-electron chi connectivity index (χ1n) is 9.71. The second kappa shape index (κ2) is 8.26. The first kappa shape index (κ1) is 18.9. The average molecular weight is 388 g/mol. The molecule has 29 heavy (non-hydrogen) atoms. The van der Waals surface area contributed by atoms with Crippen molar-refractivity contribution in [1.29, 1.82) is 0 Å². The molecule has 4 rings (SSSR count). The first-order chi connectivity index (χ1) is 14.1. The van der Waals surface area contributed by atoms with Gasteiger partial charge >= 0.3 is 0 Å². The summed E-state index contributed by atoms with van der Waals surface area (Å²) in [5, 5.41) is 3.24. The molecule has 1 N–H and O–H groups in total. The Bertz CT molecular complexity index is 962. The molecular weight excluding hydrogens is 364 g/mol. The molecule has 148 valence electrons. The normalized spacial score (nSPS) is 14.0. The van der Waals surface area contributed by atoms with Crippen molar-refractivity contribution in [1.82, 2.24) is 19.9 Å². The summed E-state index contributed by atoms with van der Waals surface area (Å²) >= 11 is 0. The molecule has 1 aliphatic heterocycles. The average Bonchev–Trinajstić information content (AvgIpc) is 2.74. The topological polar surface area (TPSA) is 74.2 Å². The van der Waals surface area contributed by atoms with Gasteiger partial charge in [-0.05, 0) is 49.2 Å². The fourth-order valence-corrected chi connectivity index (χ4v) is 3.54. The van der Waals surface area contributed by atoms with E-state index in [-0.39, 0.29) is 5.91 Å². The number of piperazine rings is 1. The number of aromatic nitrogens is 3. The van der Waals surface area contributed by atoms with Gasteiger partial charge in [0.2, 0.25) is 0 Å². The highest BCUT2D eigenvalue weighted by Gasteiger charge is 2.23. The van der Waals surface area contributed by atoms with Gasteiger partial charge in [0.1, 0.15) is 17.3 Å². The number of anilines is 3. The number of benzene rings is 1. The molecule has 1 fully saturated rings. The predicted octanol–water partition coefficient (Wildman–Crippen LogP) is 3.19. The lowest BCUT2D eigenvalue weighted by molar-refractivity contribution is 0.0740. The molecular formula is C22H24N6O. The third kappa shape index (κ3) is 4.51. The van der Waals surface area contributed by atoms with Crippen LogP contribution >= 0.6 is 0 Å². The number of carbonyl (C=O) groups is 1. The van der Waals surface area contributed by atoms with E-state index in [0.717, 1.165) is 24.6 Å². The Balaban J connectivity index is 1.37. The molecule has 1 aromatic carbocycles. The van der Waals surface area contributed by atoms with Crippen molar-refractivity contribution in [3.05, 3.63) is 71.8 Å². The molecule has 3 heterocycles. The minimum Gasteiger partial charge on any atom is -0.353 e. The summed E-state index contributed by atoms with van der Waals surface area (Å²) in [6, 6.07) is 12.1. The molecule has 2 aromatic heterocycles. The van der Waals surface area contributed by atoms with Crippen LogP contribution in [0, 0.1) is 13.8 Å². The Morgan fingerprint density at radius 2 is 1.69 bits per heavy atom. The van der Waals surface area contributed by atoms with Crippen molar-refractivity contribution in [3.63, 3.8) is 0 Å². The lowest BCUT2D eigenvalue weighted by Crippen LogP contribution is -2.49. The van der Waals surface area contributed by atoms with Crippen LogP contribution in [0.15, 0.2) is 55.0 Å². The van der Waals surface area contributed by atoms with Crippen molar-refractivity contribution in [2.45, 2.75) is 13.8 Å². The van der Waals surface area contributed by atoms with Crippen LogP contribution in [0.1, 0.15) is 21.6 Å². The zero-order valence-corrected chi connectivity index (χ0v) is 16.7. The number of amides is 1. The van der Waals surface area contributed by atoms with Crippen LogP contribution in [-0.4, -0.2) is 51.9 Å². The molecule has 1 amide bonds. The Morgan fingerprint density at radius 1 is 0.931 bits per heavy atom. The van der Waals surface area contributed by atoms with Crippen LogP contribution in [0.4, 0.5) is 17.3 Å². The number of nitrogens with zero attached hydrogens (tertiary/aromatic N) is 5. The maximum atomic E-state index is 12.8. The number of nitrogens with one attached hydrogen (secondary N) is 1. The highest BCUT2D eigenvalue weighted by atomic mass is 16.2. The molecule has 1 aliphatic rings. The molecule has 7 nitrogen and oxygen atoms in total. The number of hydrogen-bond acceptors (Lipinski definition) is 6. The molecule has 1 saturated heterocycles. The number of rotatable bonds is 4. The highest BCUT2D eigenvalue weighted by Crippen LogP contribution is 2.18. The van der Waals surface area contributed by atoms with Gasteiger partial charge in [-0.15, -0.1) is 0 Å². The second-order valence-electron chi connectivity index (χ2n) is 7.26. The fraction of sp³-hybridized carbons (Fsp3) is 0.273. The summed E-state index contributed by atoms with van der Waals surface area (Å²) in [7, 11) is 0. The van der Waals surface area contributed by atoms with E-state index < -0.39 is 0 Å². The van der Waals surface area contributed by atoms with Gasteiger partial charge in [0.25, 0.3) is 5.91 Å². The third-order valence-electron chi connectivity index (χ3n) is 4.91. The number of carbonyl (C=O) groups excluding carboxylic acids is 1. The van der Waals surface area contributed by atoms with Crippen LogP contribution < -0.4 is 10.2 Å². The number of hydrogen-bond donors (Lipinski definition) is 1. The predicted molar refractivity (Wildman–Crippen MR) is 114 cm³/mol. The van der Waals surface area contributed by atoms with E-state index in [1.54, 1.807) is 18.6 Å². The Morgan fingerprint density at radius 3 is 2.31 bits per heavy atom. The summed E-state index contributed by atoms with van der Waals surface area (Å²) in [6.07, 6.45) is 4.93. The Hall–Kier alpha value is -3.48. The van der Waals surface area contributed by atoms with E-state index in [0.29, 0.717) is 24.6 Å². The van der Waals surface area contributed by atoms with Crippen molar-refractivity contribution in [3.8, 4) is 0 Å². The van der Waals surface area contributed by atoms with Gasteiger partial charge < -0.3 is 15.1 Å². The molecule has 7 heteroatoms. The van der Waals surface area contributed by atoms with Crippen LogP contribution in [-0.2, 0) is 0 Å².